The highest BCUT2D eigenvalue weighted by Gasteiger charge is 2.17. The first-order valence-corrected chi connectivity index (χ1v) is 5.68. The lowest BCUT2D eigenvalue weighted by Crippen LogP contribution is -2.17. The van der Waals surface area contributed by atoms with Gasteiger partial charge in [-0.1, -0.05) is 17.7 Å². The number of hydrogen-bond acceptors (Lipinski definition) is 3. The van der Waals surface area contributed by atoms with Crippen LogP contribution in [-0.2, 0) is 7.05 Å². The molecule has 0 bridgehead atoms. The van der Waals surface area contributed by atoms with E-state index in [-0.39, 0.29) is 16.3 Å². The SMILES string of the molecule is Cn1cncc1C(=O)Nc1cccc(Cl)c1C(=O)O. The van der Waals surface area contributed by atoms with Gasteiger partial charge in [-0.15, -0.1) is 0 Å². The van der Waals surface area contributed by atoms with E-state index in [1.807, 2.05) is 0 Å². The second-order valence-electron chi connectivity index (χ2n) is 3.81. The number of rotatable bonds is 3. The van der Waals surface area contributed by atoms with Crippen LogP contribution in [0.1, 0.15) is 20.8 Å². The largest absolute Gasteiger partial charge is 0.478 e. The van der Waals surface area contributed by atoms with Crippen molar-refractivity contribution in [3.05, 3.63) is 47.0 Å². The van der Waals surface area contributed by atoms with E-state index < -0.39 is 11.9 Å². The van der Waals surface area contributed by atoms with Crippen LogP contribution in [0.25, 0.3) is 0 Å². The Balaban J connectivity index is 2.35. The molecule has 0 unspecified atom stereocenters. The molecule has 1 heterocycles. The zero-order chi connectivity index (χ0) is 14.0. The molecule has 1 aromatic carbocycles. The van der Waals surface area contributed by atoms with E-state index in [4.69, 9.17) is 16.7 Å². The summed E-state index contributed by atoms with van der Waals surface area (Å²) in [4.78, 5) is 26.9. The van der Waals surface area contributed by atoms with E-state index >= 15 is 0 Å². The number of anilines is 1. The Kier molecular flexibility index (Phi) is 3.52. The van der Waals surface area contributed by atoms with Crippen molar-refractivity contribution in [1.29, 1.82) is 0 Å². The van der Waals surface area contributed by atoms with Crippen LogP contribution < -0.4 is 5.32 Å². The summed E-state index contributed by atoms with van der Waals surface area (Å²) in [5.74, 6) is -1.66. The lowest BCUT2D eigenvalue weighted by molar-refractivity contribution is 0.0698. The van der Waals surface area contributed by atoms with E-state index in [1.165, 1.54) is 29.2 Å². The third kappa shape index (κ3) is 2.58. The number of aryl methyl sites for hydroxylation is 1. The van der Waals surface area contributed by atoms with Crippen LogP contribution in [-0.4, -0.2) is 26.5 Å². The molecule has 2 N–H and O–H groups in total. The molecule has 0 fully saturated rings. The Morgan fingerprint density at radius 2 is 2.16 bits per heavy atom. The van der Waals surface area contributed by atoms with Crippen molar-refractivity contribution in [2.24, 2.45) is 7.05 Å². The van der Waals surface area contributed by atoms with E-state index in [2.05, 4.69) is 10.3 Å². The number of nitrogens with zero attached hydrogens (tertiary/aromatic N) is 2. The molecule has 2 rings (SSSR count). The van der Waals surface area contributed by atoms with Crippen LogP contribution in [0.15, 0.2) is 30.7 Å². The summed E-state index contributed by atoms with van der Waals surface area (Å²) < 4.78 is 1.53. The molecule has 2 aromatic rings. The number of aromatic nitrogens is 2. The van der Waals surface area contributed by atoms with Gasteiger partial charge in [0, 0.05) is 7.05 Å². The number of benzene rings is 1. The minimum atomic E-state index is -1.20. The summed E-state index contributed by atoms with van der Waals surface area (Å²) in [6, 6.07) is 4.49. The normalized spacial score (nSPS) is 10.2. The van der Waals surface area contributed by atoms with Crippen LogP contribution in [0.3, 0.4) is 0 Å². The Hall–Kier alpha value is -2.34. The molecule has 1 amide bonds. The molecule has 0 radical (unpaired) electrons. The van der Waals surface area contributed by atoms with Gasteiger partial charge in [0.1, 0.15) is 11.3 Å². The lowest BCUT2D eigenvalue weighted by Gasteiger charge is -2.09. The zero-order valence-corrected chi connectivity index (χ0v) is 10.7. The van der Waals surface area contributed by atoms with E-state index in [0.29, 0.717) is 5.69 Å². The highest BCUT2D eigenvalue weighted by atomic mass is 35.5. The van der Waals surface area contributed by atoms with E-state index in [1.54, 1.807) is 13.1 Å². The van der Waals surface area contributed by atoms with Crippen molar-refractivity contribution in [2.45, 2.75) is 0 Å². The Labute approximate surface area is 113 Å². The van der Waals surface area contributed by atoms with Crippen LogP contribution in [0, 0.1) is 0 Å². The number of halogens is 1. The maximum absolute atomic E-state index is 12.0. The summed E-state index contributed by atoms with van der Waals surface area (Å²) >= 11 is 5.81. The Morgan fingerprint density at radius 3 is 2.74 bits per heavy atom. The molecule has 98 valence electrons. The van der Waals surface area contributed by atoms with Crippen LogP contribution >= 0.6 is 11.6 Å². The van der Waals surface area contributed by atoms with Crippen LogP contribution in [0.2, 0.25) is 5.02 Å². The predicted octanol–water partition coefficient (Wildman–Crippen LogP) is 2.02. The molecular formula is C12H10ClN3O3. The number of carbonyl (C=O) groups is 2. The molecule has 1 aromatic heterocycles. The van der Waals surface area contributed by atoms with Gasteiger partial charge in [0.15, 0.2) is 0 Å². The van der Waals surface area contributed by atoms with Gasteiger partial charge in [0.05, 0.1) is 23.2 Å². The van der Waals surface area contributed by atoms with Gasteiger partial charge in [-0.05, 0) is 12.1 Å². The molecule has 0 saturated heterocycles. The first kappa shape index (κ1) is 13.1. The topological polar surface area (TPSA) is 84.2 Å². The van der Waals surface area contributed by atoms with Crippen molar-refractivity contribution < 1.29 is 14.7 Å². The van der Waals surface area contributed by atoms with Crippen molar-refractivity contribution in [2.75, 3.05) is 5.32 Å². The fraction of sp³-hybridized carbons (Fsp3) is 0.0833. The van der Waals surface area contributed by atoms with Crippen molar-refractivity contribution in [3.8, 4) is 0 Å². The quantitative estimate of drug-likeness (QED) is 0.900. The first-order chi connectivity index (χ1) is 9.00. The van der Waals surface area contributed by atoms with Crippen LogP contribution in [0.4, 0.5) is 5.69 Å². The third-order valence-electron chi connectivity index (χ3n) is 2.52. The number of carbonyl (C=O) groups excluding carboxylic acids is 1. The summed E-state index contributed by atoms with van der Waals surface area (Å²) in [5.41, 5.74) is 0.321. The molecule has 0 atom stereocenters. The molecule has 0 aliphatic carbocycles. The molecule has 0 saturated carbocycles. The van der Waals surface area contributed by atoms with E-state index in [0.717, 1.165) is 0 Å². The summed E-state index contributed by atoms with van der Waals surface area (Å²) in [5, 5.41) is 11.7. The number of nitrogens with one attached hydrogen (secondary N) is 1. The average Bonchev–Trinajstić information content (AvgIpc) is 2.75. The summed E-state index contributed by atoms with van der Waals surface area (Å²) in [7, 11) is 1.66. The Bertz CT molecular complexity index is 651. The molecule has 0 aliphatic rings. The van der Waals surface area contributed by atoms with Crippen molar-refractivity contribution in [1.82, 2.24) is 9.55 Å². The van der Waals surface area contributed by atoms with Crippen molar-refractivity contribution >= 4 is 29.2 Å². The lowest BCUT2D eigenvalue weighted by atomic mass is 10.1. The van der Waals surface area contributed by atoms with E-state index in [9.17, 15) is 9.59 Å². The fourth-order valence-corrected chi connectivity index (χ4v) is 1.86. The van der Waals surface area contributed by atoms with Crippen LogP contribution in [0.5, 0.6) is 0 Å². The number of amides is 1. The number of carboxylic acid groups (broad SMARTS) is 1. The molecule has 0 aliphatic heterocycles. The highest BCUT2D eigenvalue weighted by molar-refractivity contribution is 6.34. The van der Waals surface area contributed by atoms with Gasteiger partial charge in [-0.3, -0.25) is 4.79 Å². The van der Waals surface area contributed by atoms with Gasteiger partial charge in [-0.25, -0.2) is 9.78 Å². The molecule has 19 heavy (non-hydrogen) atoms. The number of carboxylic acids is 1. The second kappa shape index (κ2) is 5.11. The maximum atomic E-state index is 12.0. The van der Waals surface area contributed by atoms with Crippen molar-refractivity contribution in [3.63, 3.8) is 0 Å². The van der Waals surface area contributed by atoms with Gasteiger partial charge in [-0.2, -0.15) is 0 Å². The smallest absolute Gasteiger partial charge is 0.339 e. The monoisotopic (exact) mass is 279 g/mol. The highest BCUT2D eigenvalue weighted by Crippen LogP contribution is 2.24. The Morgan fingerprint density at radius 1 is 1.42 bits per heavy atom. The number of hydrogen-bond donors (Lipinski definition) is 2. The van der Waals surface area contributed by atoms with Gasteiger partial charge < -0.3 is 15.0 Å². The minimum absolute atomic E-state index is 0.0651. The number of aromatic carboxylic acids is 1. The second-order valence-corrected chi connectivity index (χ2v) is 4.22. The first-order valence-electron chi connectivity index (χ1n) is 5.30. The van der Waals surface area contributed by atoms with Gasteiger partial charge in [0.2, 0.25) is 0 Å². The predicted molar refractivity (Wildman–Crippen MR) is 69.6 cm³/mol. The molecule has 6 nitrogen and oxygen atoms in total. The minimum Gasteiger partial charge on any atom is -0.478 e. The maximum Gasteiger partial charge on any atom is 0.339 e. The molecule has 7 heteroatoms. The zero-order valence-electron chi connectivity index (χ0n) is 9.92. The fourth-order valence-electron chi connectivity index (χ4n) is 1.61. The molecule has 0 spiro atoms. The van der Waals surface area contributed by atoms with Gasteiger partial charge in [0.25, 0.3) is 5.91 Å². The average molecular weight is 280 g/mol. The summed E-state index contributed by atoms with van der Waals surface area (Å²) in [6.45, 7) is 0. The third-order valence-corrected chi connectivity index (χ3v) is 2.84. The standard InChI is InChI=1S/C12H10ClN3O3/c1-16-6-14-5-9(16)11(17)15-8-4-2-3-7(13)10(8)12(18)19/h2-6H,1H3,(H,15,17)(H,18,19). The molecular weight excluding hydrogens is 270 g/mol. The summed E-state index contributed by atoms with van der Waals surface area (Å²) in [6.07, 6.45) is 2.87. The number of imidazole rings is 1. The van der Waals surface area contributed by atoms with Gasteiger partial charge >= 0.3 is 5.97 Å².